The van der Waals surface area contributed by atoms with Crippen LogP contribution in [-0.2, 0) is 0 Å². The van der Waals surface area contributed by atoms with Gasteiger partial charge >= 0.3 is 12.4 Å². The molecule has 0 amide bonds. The Balaban J connectivity index is 2.14. The first-order valence-corrected chi connectivity index (χ1v) is 8.60. The van der Waals surface area contributed by atoms with Crippen molar-refractivity contribution in [1.82, 2.24) is 0 Å². The number of rotatable bonds is 0. The molecule has 0 saturated heterocycles. The Labute approximate surface area is 165 Å². The highest BCUT2D eigenvalue weighted by Gasteiger charge is 2.44. The monoisotopic (exact) mass is 420 g/mol. The Morgan fingerprint density at radius 2 is 0.800 bits per heavy atom. The van der Waals surface area contributed by atoms with Crippen LogP contribution in [0.4, 0.5) is 26.3 Å². The minimum absolute atomic E-state index is 0.0624. The summed E-state index contributed by atoms with van der Waals surface area (Å²) < 4.78 is 80.9. The first-order valence-electron chi connectivity index (χ1n) is 8.60. The van der Waals surface area contributed by atoms with Crippen LogP contribution in [0.1, 0.15) is 31.8 Å². The molecule has 0 atom stereocenters. The largest absolute Gasteiger partial charge is 0.420 e. The summed E-state index contributed by atoms with van der Waals surface area (Å²) in [6, 6.07) is 10.8. The summed E-state index contributed by atoms with van der Waals surface area (Å²) in [6.07, 6.45) is -8.90. The summed E-state index contributed by atoms with van der Waals surface area (Å²) in [5, 5.41) is 0. The van der Waals surface area contributed by atoms with E-state index in [1.54, 1.807) is 0 Å². The molecule has 152 valence electrons. The lowest BCUT2D eigenvalue weighted by molar-refractivity contribution is -0.0899. The standard InChI is InChI=1S/C22H10F6O2/c23-21(24,25)17-9-15(11-5-1-3-7-13(11)19(17)29)16-10-18(22(26,27)28)20(30)14-8-4-2-6-12(14)16/h1-10H/b16-15-. The fraction of sp³-hybridized carbons (Fsp3) is 0.0909. The van der Waals surface area contributed by atoms with Crippen molar-refractivity contribution in [2.75, 3.05) is 0 Å². The summed E-state index contributed by atoms with van der Waals surface area (Å²) in [5.74, 6) is -2.52. The predicted molar refractivity (Wildman–Crippen MR) is 96.6 cm³/mol. The lowest BCUT2D eigenvalue weighted by Gasteiger charge is -2.25. The van der Waals surface area contributed by atoms with Gasteiger partial charge < -0.3 is 0 Å². The van der Waals surface area contributed by atoms with Crippen LogP contribution in [0.5, 0.6) is 0 Å². The van der Waals surface area contributed by atoms with E-state index in [-0.39, 0.29) is 33.4 Å². The summed E-state index contributed by atoms with van der Waals surface area (Å²) in [5.41, 5.74) is -3.81. The van der Waals surface area contributed by atoms with E-state index in [0.717, 1.165) is 0 Å². The van der Waals surface area contributed by atoms with Crippen molar-refractivity contribution in [3.63, 3.8) is 0 Å². The van der Waals surface area contributed by atoms with E-state index in [1.807, 2.05) is 0 Å². The van der Waals surface area contributed by atoms with Crippen molar-refractivity contribution in [3.05, 3.63) is 94.1 Å². The molecule has 0 unspecified atom stereocenters. The van der Waals surface area contributed by atoms with Crippen LogP contribution in [0.15, 0.2) is 71.8 Å². The van der Waals surface area contributed by atoms with E-state index in [9.17, 15) is 35.9 Å². The maximum atomic E-state index is 13.5. The van der Waals surface area contributed by atoms with E-state index < -0.39 is 35.1 Å². The zero-order valence-electron chi connectivity index (χ0n) is 14.9. The number of fused-ring (bicyclic) bond motifs is 2. The summed E-state index contributed by atoms with van der Waals surface area (Å²) in [7, 11) is 0. The van der Waals surface area contributed by atoms with Crippen LogP contribution in [0.3, 0.4) is 0 Å². The van der Waals surface area contributed by atoms with Crippen molar-refractivity contribution in [2.45, 2.75) is 12.4 Å². The predicted octanol–water partition coefficient (Wildman–Crippen LogP) is 5.97. The van der Waals surface area contributed by atoms with Crippen LogP contribution < -0.4 is 0 Å². The molecule has 4 rings (SSSR count). The number of alkyl halides is 6. The molecule has 8 heteroatoms. The van der Waals surface area contributed by atoms with Crippen molar-refractivity contribution >= 4 is 22.7 Å². The van der Waals surface area contributed by atoms with Gasteiger partial charge in [-0.2, -0.15) is 26.3 Å². The molecular weight excluding hydrogens is 410 g/mol. The number of allylic oxidation sites excluding steroid dienone is 6. The highest BCUT2D eigenvalue weighted by atomic mass is 19.4. The average molecular weight is 420 g/mol. The second-order valence-electron chi connectivity index (χ2n) is 6.69. The lowest BCUT2D eigenvalue weighted by atomic mass is 9.79. The third-order valence-electron chi connectivity index (χ3n) is 4.89. The van der Waals surface area contributed by atoms with Crippen molar-refractivity contribution in [3.8, 4) is 0 Å². The van der Waals surface area contributed by atoms with E-state index >= 15 is 0 Å². The van der Waals surface area contributed by atoms with Crippen LogP contribution in [0.2, 0.25) is 0 Å². The van der Waals surface area contributed by atoms with E-state index in [1.165, 1.54) is 48.5 Å². The Morgan fingerprint density at radius 3 is 1.10 bits per heavy atom. The number of carbonyl (C=O) groups is 2. The third-order valence-corrected chi connectivity index (χ3v) is 4.89. The number of carbonyl (C=O) groups excluding carboxylic acids is 2. The summed E-state index contributed by atoms with van der Waals surface area (Å²) in [6.45, 7) is 0. The fourth-order valence-electron chi connectivity index (χ4n) is 3.56. The van der Waals surface area contributed by atoms with Gasteiger partial charge in [-0.15, -0.1) is 0 Å². The maximum Gasteiger partial charge on any atom is 0.420 e. The minimum Gasteiger partial charge on any atom is -0.289 e. The minimum atomic E-state index is -5.00. The molecule has 2 aromatic rings. The zero-order valence-corrected chi connectivity index (χ0v) is 14.9. The maximum absolute atomic E-state index is 13.5. The smallest absolute Gasteiger partial charge is 0.289 e. The van der Waals surface area contributed by atoms with Gasteiger partial charge in [0, 0.05) is 11.1 Å². The van der Waals surface area contributed by atoms with Gasteiger partial charge in [-0.1, -0.05) is 48.5 Å². The molecule has 0 radical (unpaired) electrons. The molecule has 2 nitrogen and oxygen atoms in total. The second-order valence-corrected chi connectivity index (χ2v) is 6.69. The molecule has 0 aromatic heterocycles. The van der Waals surface area contributed by atoms with Gasteiger partial charge in [0.25, 0.3) is 0 Å². The molecule has 2 aliphatic carbocycles. The quantitative estimate of drug-likeness (QED) is 0.493. The number of ketones is 2. The number of hydrogen-bond donors (Lipinski definition) is 0. The van der Waals surface area contributed by atoms with Gasteiger partial charge in [0.15, 0.2) is 11.6 Å². The molecule has 0 saturated carbocycles. The van der Waals surface area contributed by atoms with Gasteiger partial charge in [-0.25, -0.2) is 0 Å². The molecular formula is C22H10F6O2. The Morgan fingerprint density at radius 1 is 0.500 bits per heavy atom. The van der Waals surface area contributed by atoms with Gasteiger partial charge in [-0.3, -0.25) is 9.59 Å². The number of hydrogen-bond acceptors (Lipinski definition) is 2. The first kappa shape index (κ1) is 19.9. The van der Waals surface area contributed by atoms with Crippen LogP contribution in [0, 0.1) is 0 Å². The van der Waals surface area contributed by atoms with Crippen LogP contribution in [0.25, 0.3) is 11.1 Å². The SMILES string of the molecule is O=C1C(C(F)(F)F)=C/C(=C2\C=C(C(F)(F)F)C(=O)c3ccccc32)c2ccccc21. The van der Waals surface area contributed by atoms with Crippen LogP contribution in [-0.4, -0.2) is 23.9 Å². The van der Waals surface area contributed by atoms with Crippen LogP contribution >= 0.6 is 0 Å². The molecule has 2 aliphatic rings. The highest BCUT2D eigenvalue weighted by Crippen LogP contribution is 2.44. The molecule has 0 bridgehead atoms. The molecule has 30 heavy (non-hydrogen) atoms. The molecule has 0 aliphatic heterocycles. The van der Waals surface area contributed by atoms with Gasteiger partial charge in [0.1, 0.15) is 11.1 Å². The molecule has 0 spiro atoms. The van der Waals surface area contributed by atoms with E-state index in [2.05, 4.69) is 0 Å². The number of benzene rings is 2. The molecule has 2 aromatic carbocycles. The van der Waals surface area contributed by atoms with E-state index in [4.69, 9.17) is 0 Å². The molecule has 0 fully saturated rings. The second kappa shape index (κ2) is 6.55. The van der Waals surface area contributed by atoms with Crippen molar-refractivity contribution < 1.29 is 35.9 Å². The Hall–Kier alpha value is -3.42. The normalized spacial score (nSPS) is 19.1. The van der Waals surface area contributed by atoms with Gasteiger partial charge in [0.05, 0.1) is 0 Å². The lowest BCUT2D eigenvalue weighted by Crippen LogP contribution is -2.26. The first-order chi connectivity index (χ1) is 14.0. The Bertz CT molecular complexity index is 1100. The molecule has 0 heterocycles. The molecule has 0 N–H and O–H groups in total. The summed E-state index contributed by atoms with van der Waals surface area (Å²) in [4.78, 5) is 24.7. The van der Waals surface area contributed by atoms with Crippen molar-refractivity contribution in [2.24, 2.45) is 0 Å². The van der Waals surface area contributed by atoms with E-state index in [0.29, 0.717) is 12.2 Å². The number of Topliss-reactive ketones (excluding diaryl/α,β-unsaturated/α-hetero) is 2. The Kier molecular flexibility index (Phi) is 4.34. The highest BCUT2D eigenvalue weighted by molar-refractivity contribution is 6.23. The summed E-state index contributed by atoms with van der Waals surface area (Å²) >= 11 is 0. The van der Waals surface area contributed by atoms with Crippen molar-refractivity contribution in [1.29, 1.82) is 0 Å². The number of halogens is 6. The third kappa shape index (κ3) is 3.08. The van der Waals surface area contributed by atoms with Gasteiger partial charge in [0.2, 0.25) is 0 Å². The average Bonchev–Trinajstić information content (AvgIpc) is 2.67. The van der Waals surface area contributed by atoms with Gasteiger partial charge in [-0.05, 0) is 34.4 Å². The zero-order chi connectivity index (χ0) is 21.8. The topological polar surface area (TPSA) is 34.1 Å². The fourth-order valence-corrected chi connectivity index (χ4v) is 3.56.